The largest absolute Gasteiger partial charge is 0.495 e. The summed E-state index contributed by atoms with van der Waals surface area (Å²) in [6.45, 7) is 4.87. The smallest absolute Gasteiger partial charge is 0.225 e. The average Bonchev–Trinajstić information content (AvgIpc) is 3.23. The number of nitrogens with zero attached hydrogens (tertiary/aromatic N) is 3. The number of hydrogen-bond donors (Lipinski definition) is 2. The minimum atomic E-state index is 0.272. The maximum atomic E-state index is 12.5. The van der Waals surface area contributed by atoms with E-state index in [0.717, 1.165) is 51.3 Å². The van der Waals surface area contributed by atoms with Gasteiger partial charge in [0.15, 0.2) is 5.96 Å². The summed E-state index contributed by atoms with van der Waals surface area (Å²) in [7, 11) is 1.58. The van der Waals surface area contributed by atoms with Crippen LogP contribution in [-0.2, 0) is 4.79 Å². The third kappa shape index (κ3) is 5.52. The van der Waals surface area contributed by atoms with Crippen LogP contribution in [0.25, 0.3) is 0 Å². The summed E-state index contributed by atoms with van der Waals surface area (Å²) in [4.78, 5) is 21.3. The van der Waals surface area contributed by atoms with E-state index in [1.807, 2.05) is 11.0 Å². The van der Waals surface area contributed by atoms with Crippen LogP contribution in [0.1, 0.15) is 25.7 Å². The Morgan fingerprint density at radius 2 is 2.00 bits per heavy atom. The van der Waals surface area contributed by atoms with Crippen molar-refractivity contribution in [2.45, 2.75) is 25.7 Å². The Morgan fingerprint density at radius 1 is 1.29 bits per heavy atom. The van der Waals surface area contributed by atoms with Gasteiger partial charge in [-0.3, -0.25) is 14.7 Å². The van der Waals surface area contributed by atoms with Crippen LogP contribution in [0.15, 0.2) is 23.2 Å². The summed E-state index contributed by atoms with van der Waals surface area (Å²) in [6, 6.07) is 5.38. The van der Waals surface area contributed by atoms with Crippen molar-refractivity contribution in [2.24, 2.45) is 16.6 Å². The number of aliphatic imine (C=N–C) groups is 1. The molecule has 1 aliphatic carbocycles. The van der Waals surface area contributed by atoms with E-state index in [1.54, 1.807) is 19.2 Å². The molecule has 0 unspecified atom stereocenters. The Labute approximate surface area is 171 Å². The number of piperazine rings is 1. The van der Waals surface area contributed by atoms with Gasteiger partial charge in [-0.1, -0.05) is 24.4 Å². The molecule has 7 nitrogen and oxygen atoms in total. The van der Waals surface area contributed by atoms with Gasteiger partial charge in [-0.25, -0.2) is 0 Å². The standard InChI is InChI=1S/C20H30ClN5O2/c1-28-18-7-6-16(14-17(18)21)24-20(22)23-8-9-25-10-12-26(13-11-25)19(27)15-4-2-3-5-15/h6-7,14-15H,2-5,8-13H2,1H3,(H3,22,23,24). The number of guanidine groups is 1. The highest BCUT2D eigenvalue weighted by molar-refractivity contribution is 6.32. The van der Waals surface area contributed by atoms with Crippen LogP contribution in [0, 0.1) is 5.92 Å². The molecule has 0 bridgehead atoms. The van der Waals surface area contributed by atoms with Crippen LogP contribution in [0.4, 0.5) is 5.69 Å². The molecule has 1 aliphatic heterocycles. The van der Waals surface area contributed by atoms with Crippen molar-refractivity contribution in [1.82, 2.24) is 9.80 Å². The number of nitrogens with one attached hydrogen (secondary N) is 1. The first-order valence-corrected chi connectivity index (χ1v) is 10.4. The summed E-state index contributed by atoms with van der Waals surface area (Å²) in [5.41, 5.74) is 6.74. The number of methoxy groups -OCH3 is 1. The number of ether oxygens (including phenoxy) is 1. The lowest BCUT2D eigenvalue weighted by atomic mass is 10.1. The summed E-state index contributed by atoms with van der Waals surface area (Å²) in [6.07, 6.45) is 4.54. The fraction of sp³-hybridized carbons (Fsp3) is 0.600. The number of anilines is 1. The van der Waals surface area contributed by atoms with Crippen molar-refractivity contribution < 1.29 is 9.53 Å². The second-order valence-electron chi connectivity index (χ2n) is 7.39. The first-order valence-electron chi connectivity index (χ1n) is 9.98. The number of halogens is 1. The third-order valence-electron chi connectivity index (χ3n) is 5.51. The fourth-order valence-electron chi connectivity index (χ4n) is 3.87. The lowest BCUT2D eigenvalue weighted by Crippen LogP contribution is -2.50. The zero-order valence-electron chi connectivity index (χ0n) is 16.5. The van der Waals surface area contributed by atoms with Crippen molar-refractivity contribution in [3.63, 3.8) is 0 Å². The number of amides is 1. The Hall–Kier alpha value is -1.99. The van der Waals surface area contributed by atoms with E-state index in [0.29, 0.717) is 29.2 Å². The Kier molecular flexibility index (Phi) is 7.39. The number of carbonyl (C=O) groups is 1. The molecule has 0 aromatic heterocycles. The predicted molar refractivity (Wildman–Crippen MR) is 113 cm³/mol. The molecule has 1 saturated carbocycles. The SMILES string of the molecule is COc1ccc(NC(N)=NCCN2CCN(C(=O)C3CCCC3)CC2)cc1Cl. The molecule has 3 rings (SSSR count). The molecule has 154 valence electrons. The molecular weight excluding hydrogens is 378 g/mol. The van der Waals surface area contributed by atoms with Gasteiger partial charge in [-0.15, -0.1) is 0 Å². The molecule has 1 aromatic carbocycles. The van der Waals surface area contributed by atoms with Crippen molar-refractivity contribution in [1.29, 1.82) is 0 Å². The zero-order valence-corrected chi connectivity index (χ0v) is 17.2. The molecule has 28 heavy (non-hydrogen) atoms. The van der Waals surface area contributed by atoms with Gasteiger partial charge in [0, 0.05) is 44.3 Å². The third-order valence-corrected chi connectivity index (χ3v) is 5.81. The van der Waals surface area contributed by atoms with Crippen LogP contribution < -0.4 is 15.8 Å². The molecule has 2 aliphatic rings. The summed E-state index contributed by atoms with van der Waals surface area (Å²) in [5, 5.41) is 3.56. The minimum Gasteiger partial charge on any atom is -0.495 e. The van der Waals surface area contributed by atoms with E-state index in [9.17, 15) is 4.79 Å². The van der Waals surface area contributed by atoms with Crippen LogP contribution >= 0.6 is 11.6 Å². The van der Waals surface area contributed by atoms with Gasteiger partial charge < -0.3 is 20.7 Å². The molecular formula is C20H30ClN5O2. The van der Waals surface area contributed by atoms with E-state index < -0.39 is 0 Å². The Bertz CT molecular complexity index is 698. The van der Waals surface area contributed by atoms with Gasteiger partial charge in [-0.2, -0.15) is 0 Å². The van der Waals surface area contributed by atoms with Crippen molar-refractivity contribution in [3.05, 3.63) is 23.2 Å². The van der Waals surface area contributed by atoms with E-state index in [4.69, 9.17) is 22.1 Å². The molecule has 3 N–H and O–H groups in total. The normalized spacial score (nSPS) is 19.1. The number of rotatable bonds is 6. The number of benzene rings is 1. The Morgan fingerprint density at radius 3 is 2.64 bits per heavy atom. The lowest BCUT2D eigenvalue weighted by Gasteiger charge is -2.35. The zero-order chi connectivity index (χ0) is 19.9. The van der Waals surface area contributed by atoms with Crippen LogP contribution in [-0.4, -0.2) is 68.0 Å². The van der Waals surface area contributed by atoms with Gasteiger partial charge >= 0.3 is 0 Å². The molecule has 1 aromatic rings. The second-order valence-corrected chi connectivity index (χ2v) is 7.80. The quantitative estimate of drug-likeness (QED) is 0.559. The summed E-state index contributed by atoms with van der Waals surface area (Å²) in [5.74, 6) is 1.61. The summed E-state index contributed by atoms with van der Waals surface area (Å²) < 4.78 is 5.14. The van der Waals surface area contributed by atoms with E-state index >= 15 is 0 Å². The molecule has 8 heteroatoms. The first kappa shape index (κ1) is 20.7. The lowest BCUT2D eigenvalue weighted by molar-refractivity contribution is -0.137. The van der Waals surface area contributed by atoms with Crippen LogP contribution in [0.2, 0.25) is 5.02 Å². The molecule has 0 spiro atoms. The van der Waals surface area contributed by atoms with Crippen LogP contribution in [0.3, 0.4) is 0 Å². The minimum absolute atomic E-state index is 0.272. The maximum Gasteiger partial charge on any atom is 0.225 e. The predicted octanol–water partition coefficient (Wildman–Crippen LogP) is 2.41. The molecule has 1 saturated heterocycles. The topological polar surface area (TPSA) is 83.2 Å². The van der Waals surface area contributed by atoms with E-state index in [2.05, 4.69) is 15.2 Å². The number of nitrogens with two attached hydrogens (primary N) is 1. The van der Waals surface area contributed by atoms with Gasteiger partial charge in [0.1, 0.15) is 5.75 Å². The molecule has 1 heterocycles. The molecule has 0 atom stereocenters. The molecule has 2 fully saturated rings. The first-order chi connectivity index (χ1) is 13.6. The average molecular weight is 408 g/mol. The Balaban J connectivity index is 1.39. The van der Waals surface area contributed by atoms with Crippen LogP contribution in [0.5, 0.6) is 5.75 Å². The number of carbonyl (C=O) groups excluding carboxylic acids is 1. The second kappa shape index (κ2) is 9.98. The highest BCUT2D eigenvalue weighted by atomic mass is 35.5. The van der Waals surface area contributed by atoms with Crippen molar-refractivity contribution in [2.75, 3.05) is 51.7 Å². The molecule has 1 amide bonds. The van der Waals surface area contributed by atoms with Gasteiger partial charge in [0.2, 0.25) is 5.91 Å². The van der Waals surface area contributed by atoms with Gasteiger partial charge in [0.05, 0.1) is 18.7 Å². The van der Waals surface area contributed by atoms with Crippen molar-refractivity contribution in [3.8, 4) is 5.75 Å². The van der Waals surface area contributed by atoms with Crippen molar-refractivity contribution >= 4 is 29.2 Å². The highest BCUT2D eigenvalue weighted by Gasteiger charge is 2.29. The number of hydrogen-bond acceptors (Lipinski definition) is 4. The maximum absolute atomic E-state index is 12.5. The fourth-order valence-corrected chi connectivity index (χ4v) is 4.12. The van der Waals surface area contributed by atoms with Gasteiger partial charge in [0.25, 0.3) is 0 Å². The summed E-state index contributed by atoms with van der Waals surface area (Å²) >= 11 is 6.11. The molecule has 0 radical (unpaired) electrons. The monoisotopic (exact) mass is 407 g/mol. The van der Waals surface area contributed by atoms with E-state index in [1.165, 1.54) is 12.8 Å². The highest BCUT2D eigenvalue weighted by Crippen LogP contribution is 2.27. The van der Waals surface area contributed by atoms with E-state index in [-0.39, 0.29) is 5.92 Å². The van der Waals surface area contributed by atoms with Gasteiger partial charge in [-0.05, 0) is 31.0 Å².